The van der Waals surface area contributed by atoms with Crippen molar-refractivity contribution in [3.63, 3.8) is 0 Å². The zero-order valence-corrected chi connectivity index (χ0v) is 9.68. The van der Waals surface area contributed by atoms with E-state index in [0.717, 1.165) is 12.2 Å². The van der Waals surface area contributed by atoms with E-state index in [9.17, 15) is 0 Å². The molecule has 0 atom stereocenters. The van der Waals surface area contributed by atoms with Crippen LogP contribution in [0.4, 0.5) is 0 Å². The molecule has 0 heterocycles. The zero-order valence-electron chi connectivity index (χ0n) is 8.29. The van der Waals surface area contributed by atoms with Gasteiger partial charge in [0.15, 0.2) is 0 Å². The quantitative estimate of drug-likeness (QED) is 0.400. The second-order valence-corrected chi connectivity index (χ2v) is 1.05. The maximum Gasteiger partial charge on any atom is 2.00 e. The molecule has 0 unspecified atom stereocenters. The predicted octanol–water partition coefficient (Wildman–Crippen LogP) is -2.31. The largest absolute Gasteiger partial charge is 2.00 e. The molecule has 0 aliphatic rings. The number of carboxylic acids is 2. The smallest absolute Gasteiger partial charge is 1.00 e. The van der Waals surface area contributed by atoms with Crippen molar-refractivity contribution in [1.29, 1.82) is 0 Å². The molecule has 12 heavy (non-hydrogen) atoms. The second-order valence-electron chi connectivity index (χ2n) is 1.05. The summed E-state index contributed by atoms with van der Waals surface area (Å²) < 4.78 is 0. The number of aliphatic carboxylic acids is 2. The maximum atomic E-state index is 9.14. The Labute approximate surface area is 114 Å². The molecule has 0 fully saturated rings. The molecular weight excluding hydrogens is 231 g/mol. The topological polar surface area (TPSA) is 80.3 Å². The van der Waals surface area contributed by atoms with Crippen LogP contribution in [-0.2, 0) is 26.7 Å². The molecular formula is C6H8CaMnO4. The predicted molar refractivity (Wildman–Crippen MR) is 38.4 cm³/mol. The van der Waals surface area contributed by atoms with E-state index in [0.29, 0.717) is 0 Å². The van der Waals surface area contributed by atoms with E-state index in [-0.39, 0.29) is 57.7 Å². The van der Waals surface area contributed by atoms with Crippen LogP contribution >= 0.6 is 0 Å². The number of carbonyl (C=O) groups excluding carboxylic acids is 2. The van der Waals surface area contributed by atoms with E-state index in [2.05, 4.69) is 13.2 Å². The molecule has 0 aliphatic carbocycles. The van der Waals surface area contributed by atoms with E-state index < -0.39 is 11.9 Å². The van der Waals surface area contributed by atoms with Gasteiger partial charge in [0.2, 0.25) is 0 Å². The van der Waals surface area contributed by atoms with Crippen molar-refractivity contribution in [3.05, 3.63) is 25.3 Å². The fourth-order valence-corrected chi connectivity index (χ4v) is 0. The maximum absolute atomic E-state index is 9.14. The third-order valence-corrected chi connectivity index (χ3v) is 0.333. The summed E-state index contributed by atoms with van der Waals surface area (Å²) in [5.74, 6) is -2.46. The molecule has 4 nitrogen and oxygen atoms in total. The Kier molecular flexibility index (Phi) is 32.9. The molecule has 6 heteroatoms. The molecule has 0 aromatic heterocycles. The summed E-state index contributed by atoms with van der Waals surface area (Å²) in [7, 11) is 0. The first-order valence-corrected chi connectivity index (χ1v) is 2.21. The Bertz CT molecular complexity index is 148. The number of carbonyl (C=O) groups is 2. The SMILES string of the molecule is C=CC(=O)[O-].C=CC(=O)[O-].[Ca+2].[H-].[H-].[Mn+2]. The van der Waals surface area contributed by atoms with Crippen molar-refractivity contribution in [2.75, 3.05) is 0 Å². The van der Waals surface area contributed by atoms with Gasteiger partial charge in [-0.15, -0.1) is 0 Å². The van der Waals surface area contributed by atoms with Crippen molar-refractivity contribution >= 4 is 49.7 Å². The third-order valence-electron chi connectivity index (χ3n) is 0.333. The first-order chi connectivity index (χ1) is 4.54. The van der Waals surface area contributed by atoms with E-state index in [1.165, 1.54) is 0 Å². The molecule has 0 amide bonds. The number of rotatable bonds is 2. The van der Waals surface area contributed by atoms with Gasteiger partial charge in [-0.2, -0.15) is 0 Å². The van der Waals surface area contributed by atoms with E-state index in [4.69, 9.17) is 19.8 Å². The van der Waals surface area contributed by atoms with Crippen molar-refractivity contribution in [2.24, 2.45) is 0 Å². The van der Waals surface area contributed by atoms with Crippen LogP contribution in [-0.4, -0.2) is 49.7 Å². The van der Waals surface area contributed by atoms with Gasteiger partial charge in [-0.05, 0) is 12.2 Å². The Morgan fingerprint density at radius 1 is 1.08 bits per heavy atom. The number of hydrogen-bond donors (Lipinski definition) is 0. The van der Waals surface area contributed by atoms with Gasteiger partial charge < -0.3 is 22.7 Å². The summed E-state index contributed by atoms with van der Waals surface area (Å²) >= 11 is 0. The van der Waals surface area contributed by atoms with Gasteiger partial charge in [0.25, 0.3) is 0 Å². The summed E-state index contributed by atoms with van der Waals surface area (Å²) in [6, 6.07) is 0. The fourth-order valence-electron chi connectivity index (χ4n) is 0. The minimum Gasteiger partial charge on any atom is -1.00 e. The normalized spacial score (nSPS) is 5.33. The van der Waals surface area contributed by atoms with Gasteiger partial charge in [0.05, 0.1) is 11.9 Å². The van der Waals surface area contributed by atoms with Crippen LogP contribution in [0.3, 0.4) is 0 Å². The number of hydrogen-bond acceptors (Lipinski definition) is 4. The van der Waals surface area contributed by atoms with Crippen molar-refractivity contribution in [2.45, 2.75) is 0 Å². The standard InChI is InChI=1S/2C3H4O2.Ca.Mn.2H/c2*1-2-3(4)5;;;;/h2*2H,1H2,(H,4,5);;;;/q;;2*+2;2*-1/p-2. The molecule has 1 radical (unpaired) electrons. The fraction of sp³-hybridized carbons (Fsp3) is 0. The molecule has 0 spiro atoms. The molecule has 0 aromatic rings. The summed E-state index contributed by atoms with van der Waals surface area (Å²) in [5.41, 5.74) is 0. The summed E-state index contributed by atoms with van der Waals surface area (Å²) in [6.45, 7) is 5.80. The van der Waals surface area contributed by atoms with Crippen LogP contribution in [0.15, 0.2) is 25.3 Å². The van der Waals surface area contributed by atoms with Gasteiger partial charge in [0, 0.05) is 0 Å². The van der Waals surface area contributed by atoms with Crippen LogP contribution in [0, 0.1) is 0 Å². The zero-order chi connectivity index (χ0) is 8.57. The Balaban J connectivity index is -0.0000000178. The average molecular weight is 239 g/mol. The Hall–Kier alpha value is 0.199. The van der Waals surface area contributed by atoms with Crippen LogP contribution in [0.25, 0.3) is 0 Å². The minimum atomic E-state index is -1.23. The molecule has 0 saturated carbocycles. The average Bonchev–Trinajstić information content (AvgIpc) is 1.89. The first-order valence-electron chi connectivity index (χ1n) is 2.21. The monoisotopic (exact) mass is 239 g/mol. The Morgan fingerprint density at radius 3 is 1.17 bits per heavy atom. The minimum absolute atomic E-state index is 0. The van der Waals surface area contributed by atoms with Crippen LogP contribution in [0.1, 0.15) is 2.85 Å². The Morgan fingerprint density at radius 2 is 1.17 bits per heavy atom. The van der Waals surface area contributed by atoms with Crippen LogP contribution < -0.4 is 10.2 Å². The van der Waals surface area contributed by atoms with E-state index in [1.807, 2.05) is 0 Å². The summed E-state index contributed by atoms with van der Waals surface area (Å²) in [5, 5.41) is 18.3. The molecule has 0 bridgehead atoms. The molecule has 0 saturated heterocycles. The third kappa shape index (κ3) is 48.9. The van der Waals surface area contributed by atoms with Crippen molar-refractivity contribution in [3.8, 4) is 0 Å². The molecule has 0 N–H and O–H groups in total. The van der Waals surface area contributed by atoms with Crippen molar-refractivity contribution in [1.82, 2.24) is 0 Å². The van der Waals surface area contributed by atoms with E-state index in [1.54, 1.807) is 0 Å². The van der Waals surface area contributed by atoms with Crippen LogP contribution in [0.5, 0.6) is 0 Å². The molecule has 0 rings (SSSR count). The van der Waals surface area contributed by atoms with Crippen molar-refractivity contribution < 1.29 is 39.7 Å². The number of carboxylic acid groups (broad SMARTS) is 2. The van der Waals surface area contributed by atoms with Gasteiger partial charge in [-0.25, -0.2) is 0 Å². The van der Waals surface area contributed by atoms with E-state index >= 15 is 0 Å². The molecule has 0 aromatic carbocycles. The van der Waals surface area contributed by atoms with Gasteiger partial charge in [-0.1, -0.05) is 13.2 Å². The van der Waals surface area contributed by atoms with Gasteiger partial charge in [0.1, 0.15) is 0 Å². The van der Waals surface area contributed by atoms with Crippen LogP contribution in [0.2, 0.25) is 0 Å². The van der Waals surface area contributed by atoms with Gasteiger partial charge in [-0.3, -0.25) is 0 Å². The molecule has 0 aliphatic heterocycles. The summed E-state index contributed by atoms with van der Waals surface area (Å²) in [4.78, 5) is 18.3. The second kappa shape index (κ2) is 17.3. The first kappa shape index (κ1) is 22.8. The molecule has 65 valence electrons. The van der Waals surface area contributed by atoms with Gasteiger partial charge >= 0.3 is 54.8 Å². The summed E-state index contributed by atoms with van der Waals surface area (Å²) in [6.07, 6.45) is 1.44.